The maximum absolute atomic E-state index is 4.64. The van der Waals surface area contributed by atoms with Gasteiger partial charge in [-0.05, 0) is 45.3 Å². The van der Waals surface area contributed by atoms with Crippen LogP contribution in [-0.4, -0.2) is 43.4 Å². The molecule has 150 valence electrons. The predicted octanol–water partition coefficient (Wildman–Crippen LogP) is 4.40. The molecule has 0 N–H and O–H groups in total. The number of rotatable bonds is 6. The number of benzene rings is 1. The Morgan fingerprint density at radius 2 is 1.79 bits per heavy atom. The summed E-state index contributed by atoms with van der Waals surface area (Å²) < 4.78 is 4.37. The van der Waals surface area contributed by atoms with Crippen molar-refractivity contribution in [1.82, 2.24) is 24.2 Å². The predicted molar refractivity (Wildman–Crippen MR) is 116 cm³/mol. The smallest absolute Gasteiger partial charge is 0.0951 e. The van der Waals surface area contributed by atoms with Crippen molar-refractivity contribution in [3.8, 4) is 11.3 Å². The van der Waals surface area contributed by atoms with E-state index in [1.165, 1.54) is 49.2 Å². The van der Waals surface area contributed by atoms with E-state index in [0.717, 1.165) is 18.8 Å². The van der Waals surface area contributed by atoms with Crippen molar-refractivity contribution in [1.29, 1.82) is 0 Å². The van der Waals surface area contributed by atoms with Crippen LogP contribution < -0.4 is 0 Å². The van der Waals surface area contributed by atoms with Gasteiger partial charge in [-0.3, -0.25) is 9.58 Å². The van der Waals surface area contributed by atoms with E-state index in [0.29, 0.717) is 6.04 Å². The quantitative estimate of drug-likeness (QED) is 0.616. The first-order valence-electron chi connectivity index (χ1n) is 10.0. The lowest BCUT2D eigenvalue weighted by atomic mass is 10.1. The van der Waals surface area contributed by atoms with Gasteiger partial charge in [0, 0.05) is 23.8 Å². The number of hydrogen-bond acceptors (Lipinski definition) is 3. The van der Waals surface area contributed by atoms with Gasteiger partial charge in [0.1, 0.15) is 0 Å². The summed E-state index contributed by atoms with van der Waals surface area (Å²) in [6.07, 6.45) is 9.94. The average molecular weight is 400 g/mol. The summed E-state index contributed by atoms with van der Waals surface area (Å²) in [6.45, 7) is 8.69. The molecule has 28 heavy (non-hydrogen) atoms. The molecule has 1 aliphatic heterocycles. The van der Waals surface area contributed by atoms with Crippen molar-refractivity contribution >= 4 is 12.4 Å². The Labute approximate surface area is 173 Å². The maximum atomic E-state index is 4.64. The fourth-order valence-electron chi connectivity index (χ4n) is 4.06. The fraction of sp³-hybridized carbons (Fsp3) is 0.455. The van der Waals surface area contributed by atoms with E-state index in [9.17, 15) is 0 Å². The summed E-state index contributed by atoms with van der Waals surface area (Å²) in [5, 5.41) is 4.64. The van der Waals surface area contributed by atoms with Gasteiger partial charge in [-0.25, -0.2) is 4.98 Å². The van der Waals surface area contributed by atoms with Crippen molar-refractivity contribution in [2.75, 3.05) is 13.1 Å². The Morgan fingerprint density at radius 1 is 1.04 bits per heavy atom. The molecule has 0 radical (unpaired) electrons. The first kappa shape index (κ1) is 20.6. The molecule has 0 spiro atoms. The highest BCUT2D eigenvalue weighted by molar-refractivity contribution is 5.85. The van der Waals surface area contributed by atoms with E-state index in [1.807, 2.05) is 24.8 Å². The lowest BCUT2D eigenvalue weighted by Crippen LogP contribution is -2.39. The van der Waals surface area contributed by atoms with Crippen LogP contribution in [0.15, 0.2) is 49.1 Å². The molecule has 0 saturated carbocycles. The first-order chi connectivity index (χ1) is 13.2. The monoisotopic (exact) mass is 399 g/mol. The van der Waals surface area contributed by atoms with Gasteiger partial charge >= 0.3 is 0 Å². The van der Waals surface area contributed by atoms with E-state index in [4.69, 9.17) is 0 Å². The molecule has 1 aromatic carbocycles. The molecular weight excluding hydrogens is 370 g/mol. The third-order valence-corrected chi connectivity index (χ3v) is 5.74. The van der Waals surface area contributed by atoms with Gasteiger partial charge in [0.15, 0.2) is 0 Å². The highest BCUT2D eigenvalue weighted by atomic mass is 35.5. The van der Waals surface area contributed by atoms with Gasteiger partial charge in [0.2, 0.25) is 0 Å². The highest BCUT2D eigenvalue weighted by Gasteiger charge is 2.19. The third-order valence-electron chi connectivity index (χ3n) is 5.74. The summed E-state index contributed by atoms with van der Waals surface area (Å²) in [5.41, 5.74) is 4.79. The molecule has 0 aliphatic carbocycles. The van der Waals surface area contributed by atoms with Crippen molar-refractivity contribution in [3.63, 3.8) is 0 Å². The Balaban J connectivity index is 0.00000225. The maximum Gasteiger partial charge on any atom is 0.0951 e. The number of imidazole rings is 1. The molecule has 5 nitrogen and oxygen atoms in total. The highest BCUT2D eigenvalue weighted by Crippen LogP contribution is 2.24. The van der Waals surface area contributed by atoms with Crippen LogP contribution in [0.2, 0.25) is 0 Å². The topological polar surface area (TPSA) is 38.9 Å². The van der Waals surface area contributed by atoms with Crippen LogP contribution >= 0.6 is 12.4 Å². The fourth-order valence-corrected chi connectivity index (χ4v) is 4.06. The second kappa shape index (κ2) is 9.39. The molecule has 1 aliphatic rings. The normalized spacial score (nSPS) is 15.9. The van der Waals surface area contributed by atoms with E-state index in [1.54, 1.807) is 0 Å². The Morgan fingerprint density at radius 3 is 2.54 bits per heavy atom. The van der Waals surface area contributed by atoms with Crippen molar-refractivity contribution in [2.45, 2.75) is 52.2 Å². The Kier molecular flexibility index (Phi) is 6.92. The third kappa shape index (κ3) is 4.47. The van der Waals surface area contributed by atoms with Crippen LogP contribution in [0.3, 0.4) is 0 Å². The van der Waals surface area contributed by atoms with Gasteiger partial charge in [0.05, 0.1) is 31.0 Å². The SMILES string of the molecule is Cc1c(-c2cncn2CC(C)N2CCCCC2)cnn1Cc1ccccc1.Cl. The number of piperidine rings is 1. The van der Waals surface area contributed by atoms with E-state index >= 15 is 0 Å². The van der Waals surface area contributed by atoms with Gasteiger partial charge in [-0.15, -0.1) is 12.4 Å². The van der Waals surface area contributed by atoms with Crippen LogP contribution in [0.25, 0.3) is 11.3 Å². The molecule has 0 amide bonds. The molecular formula is C22H30ClN5. The van der Waals surface area contributed by atoms with Crippen LogP contribution in [0.1, 0.15) is 37.4 Å². The zero-order chi connectivity index (χ0) is 18.6. The number of nitrogens with zero attached hydrogens (tertiary/aromatic N) is 5. The van der Waals surface area contributed by atoms with Crippen LogP contribution in [0.4, 0.5) is 0 Å². The molecule has 1 unspecified atom stereocenters. The van der Waals surface area contributed by atoms with E-state index in [-0.39, 0.29) is 12.4 Å². The Bertz CT molecular complexity index is 864. The van der Waals surface area contributed by atoms with Gasteiger partial charge in [0.25, 0.3) is 0 Å². The summed E-state index contributed by atoms with van der Waals surface area (Å²) >= 11 is 0. The van der Waals surface area contributed by atoms with Gasteiger partial charge in [-0.1, -0.05) is 36.8 Å². The zero-order valence-corrected chi connectivity index (χ0v) is 17.6. The molecule has 6 heteroatoms. The van der Waals surface area contributed by atoms with Gasteiger partial charge in [-0.2, -0.15) is 5.10 Å². The second-order valence-corrected chi connectivity index (χ2v) is 7.66. The summed E-state index contributed by atoms with van der Waals surface area (Å²) in [6, 6.07) is 11.0. The second-order valence-electron chi connectivity index (χ2n) is 7.66. The molecule has 1 fully saturated rings. The summed E-state index contributed by atoms with van der Waals surface area (Å²) in [5.74, 6) is 0. The number of halogens is 1. The summed E-state index contributed by atoms with van der Waals surface area (Å²) in [4.78, 5) is 7.05. The van der Waals surface area contributed by atoms with Crippen LogP contribution in [0.5, 0.6) is 0 Å². The molecule has 3 aromatic rings. The first-order valence-corrected chi connectivity index (χ1v) is 10.0. The van der Waals surface area contributed by atoms with Crippen LogP contribution in [0, 0.1) is 6.92 Å². The number of likely N-dealkylation sites (tertiary alicyclic amines) is 1. The summed E-state index contributed by atoms with van der Waals surface area (Å²) in [7, 11) is 0. The molecule has 3 heterocycles. The van der Waals surface area contributed by atoms with Crippen molar-refractivity contribution in [3.05, 3.63) is 60.3 Å². The standard InChI is InChI=1S/C22H29N5.ClH/c1-18(25-11-7-4-8-12-25)15-26-17-23-14-22(26)21-13-24-27(19(21)2)16-20-9-5-3-6-10-20;/h3,5-6,9-10,13-14,17-18H,4,7-8,11-12,15-16H2,1-2H3;1H. The van der Waals surface area contributed by atoms with Gasteiger partial charge < -0.3 is 4.57 Å². The molecule has 2 aromatic heterocycles. The van der Waals surface area contributed by atoms with E-state index < -0.39 is 0 Å². The minimum Gasteiger partial charge on any atom is -0.329 e. The largest absolute Gasteiger partial charge is 0.329 e. The average Bonchev–Trinajstić information content (AvgIpc) is 3.30. The van der Waals surface area contributed by atoms with E-state index in [2.05, 4.69) is 62.3 Å². The minimum atomic E-state index is 0. The number of hydrogen-bond donors (Lipinski definition) is 0. The zero-order valence-electron chi connectivity index (χ0n) is 16.8. The lowest BCUT2D eigenvalue weighted by Gasteiger charge is -2.32. The lowest BCUT2D eigenvalue weighted by molar-refractivity contribution is 0.160. The molecule has 1 atom stereocenters. The van der Waals surface area contributed by atoms with Crippen molar-refractivity contribution in [2.24, 2.45) is 0 Å². The van der Waals surface area contributed by atoms with Crippen LogP contribution in [-0.2, 0) is 13.1 Å². The minimum absolute atomic E-state index is 0. The molecule has 1 saturated heterocycles. The number of aromatic nitrogens is 4. The molecule has 4 rings (SSSR count). The van der Waals surface area contributed by atoms with Crippen molar-refractivity contribution < 1.29 is 0 Å². The molecule has 0 bridgehead atoms. The Hall–Kier alpha value is -2.11.